The van der Waals surface area contributed by atoms with Crippen molar-refractivity contribution in [2.75, 3.05) is 32.8 Å². The number of hydrogen-bond donors (Lipinski definition) is 0. The topological polar surface area (TPSA) is 76.4 Å². The first-order chi connectivity index (χ1) is 21.5. The lowest BCUT2D eigenvalue weighted by atomic mass is 9.77. The van der Waals surface area contributed by atoms with Gasteiger partial charge in [0.15, 0.2) is 17.5 Å². The summed E-state index contributed by atoms with van der Waals surface area (Å²) in [5.41, 5.74) is -0.0248. The summed E-state index contributed by atoms with van der Waals surface area (Å²) in [5, 5.41) is 4.78. The van der Waals surface area contributed by atoms with Gasteiger partial charge >= 0.3 is 0 Å². The van der Waals surface area contributed by atoms with Crippen LogP contribution in [-0.4, -0.2) is 73.8 Å². The lowest BCUT2D eigenvalue weighted by Crippen LogP contribution is -2.54. The molecule has 2 fully saturated rings. The van der Waals surface area contributed by atoms with E-state index in [4.69, 9.17) is 21.3 Å². The Labute approximate surface area is 274 Å². The maximum Gasteiger partial charge on any atom is 0.226 e. The van der Waals surface area contributed by atoms with Crippen molar-refractivity contribution < 1.29 is 22.7 Å². The molecule has 2 aromatic heterocycles. The van der Waals surface area contributed by atoms with Crippen LogP contribution in [0.2, 0.25) is 5.02 Å². The van der Waals surface area contributed by atoms with Gasteiger partial charge < -0.3 is 9.64 Å². The summed E-state index contributed by atoms with van der Waals surface area (Å²) in [7, 11) is 1.85. The molecule has 1 aromatic carbocycles. The summed E-state index contributed by atoms with van der Waals surface area (Å²) in [6.07, 6.45) is 2.95. The van der Waals surface area contributed by atoms with E-state index in [2.05, 4.69) is 35.8 Å². The molecular weight excluding hydrogens is 617 g/mol. The number of carbonyl (C=O) groups is 1. The highest BCUT2D eigenvalue weighted by Gasteiger charge is 2.46. The van der Waals surface area contributed by atoms with Gasteiger partial charge in [-0.2, -0.15) is 5.10 Å². The van der Waals surface area contributed by atoms with Crippen LogP contribution in [0.1, 0.15) is 82.6 Å². The van der Waals surface area contributed by atoms with E-state index in [1.807, 2.05) is 40.0 Å². The molecule has 5 rings (SSSR count). The van der Waals surface area contributed by atoms with Crippen molar-refractivity contribution in [3.8, 4) is 0 Å². The molecule has 250 valence electrons. The number of likely N-dealkylation sites (tertiary alicyclic amines) is 2. The van der Waals surface area contributed by atoms with Crippen LogP contribution in [-0.2, 0) is 27.6 Å². The van der Waals surface area contributed by atoms with Crippen molar-refractivity contribution in [2.24, 2.45) is 13.0 Å². The van der Waals surface area contributed by atoms with Crippen molar-refractivity contribution in [2.45, 2.75) is 83.3 Å². The fourth-order valence-electron chi connectivity index (χ4n) is 6.89. The largest absolute Gasteiger partial charge is 0.368 e. The molecule has 2 saturated heterocycles. The lowest BCUT2D eigenvalue weighted by Gasteiger charge is -2.47. The van der Waals surface area contributed by atoms with Crippen LogP contribution >= 0.6 is 11.6 Å². The number of rotatable bonds is 7. The number of hydrogen-bond acceptors (Lipinski definition) is 6. The second-order valence-corrected chi connectivity index (χ2v) is 14.8. The minimum Gasteiger partial charge on any atom is -0.368 e. The summed E-state index contributed by atoms with van der Waals surface area (Å²) in [6.45, 7) is 14.2. The van der Waals surface area contributed by atoms with Crippen molar-refractivity contribution in [3.63, 3.8) is 0 Å². The average Bonchev–Trinajstić information content (AvgIpc) is 3.46. The SMILES string of the molecule is Cc1nc(C2(OCC(C)(C)c3ncnn3C)CCN(C(=O)[C@@H]3CCN(C(C)(C)C)C[C@H]3c3ccc(F)c(F)c3F)CC2)ccc1Cl. The van der Waals surface area contributed by atoms with E-state index in [9.17, 15) is 13.6 Å². The molecule has 0 N–H and O–H groups in total. The fourth-order valence-corrected chi connectivity index (χ4v) is 6.99. The van der Waals surface area contributed by atoms with E-state index >= 15 is 4.39 Å². The first-order valence-corrected chi connectivity index (χ1v) is 16.2. The van der Waals surface area contributed by atoms with E-state index in [1.165, 1.54) is 12.4 Å². The minimum atomic E-state index is -1.51. The number of ether oxygens (including phenoxy) is 1. The summed E-state index contributed by atoms with van der Waals surface area (Å²) in [5.74, 6) is -4.52. The number of pyridine rings is 1. The van der Waals surface area contributed by atoms with E-state index in [0.29, 0.717) is 62.8 Å². The third kappa shape index (κ3) is 6.69. The van der Waals surface area contributed by atoms with Gasteiger partial charge in [0, 0.05) is 49.5 Å². The Bertz CT molecular complexity index is 1580. The van der Waals surface area contributed by atoms with Crippen LogP contribution in [0, 0.1) is 30.3 Å². The highest BCUT2D eigenvalue weighted by Crippen LogP contribution is 2.42. The second-order valence-electron chi connectivity index (χ2n) is 14.3. The van der Waals surface area contributed by atoms with Crippen LogP contribution in [0.4, 0.5) is 13.2 Å². The van der Waals surface area contributed by atoms with Crippen LogP contribution in [0.3, 0.4) is 0 Å². The molecule has 0 radical (unpaired) electrons. The van der Waals surface area contributed by atoms with Gasteiger partial charge in [-0.15, -0.1) is 0 Å². The van der Waals surface area contributed by atoms with Gasteiger partial charge in [0.05, 0.1) is 23.0 Å². The Hall–Kier alpha value is -3.02. The van der Waals surface area contributed by atoms with E-state index < -0.39 is 40.3 Å². The molecule has 8 nitrogen and oxygen atoms in total. The Morgan fingerprint density at radius 1 is 1.04 bits per heavy atom. The zero-order valence-corrected chi connectivity index (χ0v) is 28.5. The molecule has 0 saturated carbocycles. The second kappa shape index (κ2) is 12.9. The van der Waals surface area contributed by atoms with Crippen LogP contribution in [0.25, 0.3) is 0 Å². The van der Waals surface area contributed by atoms with Gasteiger partial charge in [-0.1, -0.05) is 31.5 Å². The average molecular weight is 661 g/mol. The zero-order chi connectivity index (χ0) is 33.6. The summed E-state index contributed by atoms with van der Waals surface area (Å²) >= 11 is 6.33. The lowest BCUT2D eigenvalue weighted by molar-refractivity contribution is -0.148. The van der Waals surface area contributed by atoms with Crippen molar-refractivity contribution in [1.29, 1.82) is 0 Å². The molecule has 1 amide bonds. The third-order valence-corrected chi connectivity index (χ3v) is 10.1. The predicted molar refractivity (Wildman–Crippen MR) is 170 cm³/mol. The molecule has 0 aliphatic carbocycles. The van der Waals surface area contributed by atoms with E-state index in [0.717, 1.165) is 17.6 Å². The minimum absolute atomic E-state index is 0.0349. The Morgan fingerprint density at radius 2 is 1.74 bits per heavy atom. The highest BCUT2D eigenvalue weighted by molar-refractivity contribution is 6.31. The molecule has 2 aliphatic rings. The van der Waals surface area contributed by atoms with Crippen molar-refractivity contribution in [3.05, 3.63) is 75.8 Å². The quantitative estimate of drug-likeness (QED) is 0.277. The van der Waals surface area contributed by atoms with Crippen LogP contribution in [0.15, 0.2) is 30.6 Å². The Balaban J connectivity index is 1.40. The number of carbonyl (C=O) groups excluding carboxylic acids is 1. The number of amides is 1. The molecule has 0 unspecified atom stereocenters. The first-order valence-electron chi connectivity index (χ1n) is 15.8. The molecule has 0 bridgehead atoms. The summed E-state index contributed by atoms with van der Waals surface area (Å²) in [6, 6.07) is 5.93. The van der Waals surface area contributed by atoms with Gasteiger partial charge in [-0.25, -0.2) is 18.2 Å². The van der Waals surface area contributed by atoms with Crippen molar-refractivity contribution >= 4 is 17.5 Å². The maximum atomic E-state index is 15.2. The molecule has 2 atom stereocenters. The normalized spacial score (nSPS) is 21.1. The van der Waals surface area contributed by atoms with Crippen LogP contribution < -0.4 is 0 Å². The number of piperidine rings is 2. The van der Waals surface area contributed by atoms with Crippen LogP contribution in [0.5, 0.6) is 0 Å². The molecule has 12 heteroatoms. The van der Waals surface area contributed by atoms with E-state index in [-0.39, 0.29) is 17.0 Å². The van der Waals surface area contributed by atoms with Gasteiger partial charge in [0.25, 0.3) is 0 Å². The number of aromatic nitrogens is 4. The Kier molecular flexibility index (Phi) is 9.61. The maximum absolute atomic E-state index is 15.2. The number of benzene rings is 1. The number of nitrogens with zero attached hydrogens (tertiary/aromatic N) is 6. The fraction of sp³-hybridized carbons (Fsp3) is 0.588. The predicted octanol–water partition coefficient (Wildman–Crippen LogP) is 6.31. The number of aryl methyl sites for hydroxylation is 2. The molecule has 0 spiro atoms. The molecule has 4 heterocycles. The number of halogens is 4. The summed E-state index contributed by atoms with van der Waals surface area (Å²) in [4.78, 5) is 27.5. The van der Waals surface area contributed by atoms with E-state index in [1.54, 1.807) is 9.58 Å². The highest BCUT2D eigenvalue weighted by atomic mass is 35.5. The Morgan fingerprint density at radius 3 is 2.35 bits per heavy atom. The van der Waals surface area contributed by atoms with Gasteiger partial charge in [-0.3, -0.25) is 19.4 Å². The standard InChI is InChI=1S/C34H44ClF3N6O2/c1-21-25(35)9-11-27(41-21)34(46-19-33(5,6)31-39-20-40-42(31)7)13-16-43(17-14-34)30(45)23-12-15-44(32(2,3)4)18-24(23)22-8-10-26(36)29(38)28(22)37/h8-11,20,23-24H,12-19H2,1-7H3/t23-,24+/m1/s1. The zero-order valence-electron chi connectivity index (χ0n) is 27.7. The summed E-state index contributed by atoms with van der Waals surface area (Å²) < 4.78 is 52.1. The first kappa shape index (κ1) is 34.3. The molecule has 3 aromatic rings. The van der Waals surface area contributed by atoms with Crippen molar-refractivity contribution in [1.82, 2.24) is 29.5 Å². The van der Waals surface area contributed by atoms with Gasteiger partial charge in [-0.05, 0) is 77.3 Å². The molecule has 2 aliphatic heterocycles. The third-order valence-electron chi connectivity index (χ3n) is 9.74. The van der Waals surface area contributed by atoms with Gasteiger partial charge in [0.1, 0.15) is 17.8 Å². The smallest absolute Gasteiger partial charge is 0.226 e. The monoisotopic (exact) mass is 660 g/mol. The molecule has 46 heavy (non-hydrogen) atoms. The molecular formula is C34H44ClF3N6O2. The van der Waals surface area contributed by atoms with Gasteiger partial charge in [0.2, 0.25) is 5.91 Å².